The van der Waals surface area contributed by atoms with Crippen molar-refractivity contribution in [1.82, 2.24) is 5.32 Å². The fourth-order valence-corrected chi connectivity index (χ4v) is 2.94. The molecule has 2 aromatic rings. The number of aryl methyl sites for hydroxylation is 1. The molecule has 0 unspecified atom stereocenters. The number of furan rings is 1. The van der Waals surface area contributed by atoms with Crippen molar-refractivity contribution >= 4 is 16.7 Å². The molecule has 0 radical (unpaired) electrons. The Hall–Kier alpha value is -1.77. The molecule has 1 heterocycles. The van der Waals surface area contributed by atoms with Gasteiger partial charge in [-0.3, -0.25) is 4.79 Å². The fourth-order valence-electron chi connectivity index (χ4n) is 2.94. The van der Waals surface area contributed by atoms with Gasteiger partial charge in [0.15, 0.2) is 5.76 Å². The van der Waals surface area contributed by atoms with Crippen LogP contribution in [0.1, 0.15) is 75.6 Å². The molecule has 2 rings (SSSR count). The number of fused-ring (bicyclic) bond motifs is 1. The van der Waals surface area contributed by atoms with Gasteiger partial charge in [-0.25, -0.2) is 0 Å². The number of carbonyl (C=O) groups excluding carboxylic acids is 1. The summed E-state index contributed by atoms with van der Waals surface area (Å²) in [6.07, 6.45) is 7.91. The van der Waals surface area contributed by atoms with E-state index in [2.05, 4.69) is 32.2 Å². The van der Waals surface area contributed by atoms with E-state index in [9.17, 15) is 4.79 Å². The topological polar surface area (TPSA) is 42.2 Å². The number of amides is 1. The summed E-state index contributed by atoms with van der Waals surface area (Å²) >= 11 is 0. The van der Waals surface area contributed by atoms with Crippen LogP contribution >= 0.6 is 0 Å². The van der Waals surface area contributed by atoms with E-state index in [1.807, 2.05) is 18.2 Å². The maximum Gasteiger partial charge on any atom is 0.287 e. The minimum atomic E-state index is -0.0857. The highest BCUT2D eigenvalue weighted by molar-refractivity contribution is 6.05. The lowest BCUT2D eigenvalue weighted by atomic mass is 10.0. The Bertz CT molecular complexity index is 642. The van der Waals surface area contributed by atoms with Crippen molar-refractivity contribution in [3.63, 3.8) is 0 Å². The molecule has 132 valence electrons. The number of unbranched alkanes of at least 4 members (excludes halogenated alkanes) is 4. The van der Waals surface area contributed by atoms with Crippen LogP contribution in [-0.4, -0.2) is 12.5 Å². The van der Waals surface area contributed by atoms with Gasteiger partial charge in [0.2, 0.25) is 0 Å². The summed E-state index contributed by atoms with van der Waals surface area (Å²) < 4.78 is 5.96. The lowest BCUT2D eigenvalue weighted by Crippen LogP contribution is -2.24. The maximum atomic E-state index is 12.5. The molecule has 3 nitrogen and oxygen atoms in total. The maximum absolute atomic E-state index is 12.5. The highest BCUT2D eigenvalue weighted by Crippen LogP contribution is 2.27. The van der Waals surface area contributed by atoms with E-state index >= 15 is 0 Å². The molecule has 0 fully saturated rings. The van der Waals surface area contributed by atoms with E-state index in [0.29, 0.717) is 11.7 Å². The van der Waals surface area contributed by atoms with Crippen LogP contribution < -0.4 is 5.32 Å². The van der Waals surface area contributed by atoms with Gasteiger partial charge in [0.1, 0.15) is 5.76 Å². The zero-order valence-electron chi connectivity index (χ0n) is 15.4. The SMILES string of the molecule is CCCCCCCNC(=O)c1oc(CCC(C)C)c2ccccc12. The molecule has 0 aliphatic carbocycles. The molecule has 0 saturated carbocycles. The highest BCUT2D eigenvalue weighted by atomic mass is 16.4. The van der Waals surface area contributed by atoms with Crippen LogP contribution in [0.5, 0.6) is 0 Å². The molecule has 0 atom stereocenters. The van der Waals surface area contributed by atoms with Crippen molar-refractivity contribution < 1.29 is 9.21 Å². The van der Waals surface area contributed by atoms with Crippen molar-refractivity contribution in [3.8, 4) is 0 Å². The van der Waals surface area contributed by atoms with Crippen molar-refractivity contribution in [2.45, 2.75) is 65.7 Å². The van der Waals surface area contributed by atoms with E-state index in [4.69, 9.17) is 4.42 Å². The monoisotopic (exact) mass is 329 g/mol. The molecule has 0 spiro atoms. The lowest BCUT2D eigenvalue weighted by Gasteiger charge is -2.04. The molecule has 1 aromatic heterocycles. The van der Waals surface area contributed by atoms with Gasteiger partial charge >= 0.3 is 0 Å². The Morgan fingerprint density at radius 2 is 1.79 bits per heavy atom. The van der Waals surface area contributed by atoms with Gasteiger partial charge in [-0.2, -0.15) is 0 Å². The molecule has 0 bridgehead atoms. The van der Waals surface area contributed by atoms with Crippen LogP contribution in [0.4, 0.5) is 0 Å². The standard InChI is InChI=1S/C21H31NO2/c1-4-5-6-7-10-15-22-21(23)20-18-12-9-8-11-17(18)19(24-20)14-13-16(2)3/h8-9,11-12,16H,4-7,10,13-15H2,1-3H3,(H,22,23). The molecular formula is C21H31NO2. The summed E-state index contributed by atoms with van der Waals surface area (Å²) in [6.45, 7) is 7.34. The smallest absolute Gasteiger partial charge is 0.287 e. The van der Waals surface area contributed by atoms with Crippen LogP contribution in [0.3, 0.4) is 0 Å². The van der Waals surface area contributed by atoms with Gasteiger partial charge in [-0.05, 0) is 18.8 Å². The third kappa shape index (κ3) is 5.12. The predicted octanol–water partition coefficient (Wildman–Crippen LogP) is 5.72. The summed E-state index contributed by atoms with van der Waals surface area (Å²) in [7, 11) is 0. The summed E-state index contributed by atoms with van der Waals surface area (Å²) in [6, 6.07) is 8.00. The molecule has 1 aromatic carbocycles. The van der Waals surface area contributed by atoms with Crippen LogP contribution in [0.15, 0.2) is 28.7 Å². The van der Waals surface area contributed by atoms with Gasteiger partial charge in [0, 0.05) is 23.7 Å². The molecule has 24 heavy (non-hydrogen) atoms. The highest BCUT2D eigenvalue weighted by Gasteiger charge is 2.18. The normalized spacial score (nSPS) is 11.3. The fraction of sp³-hybridized carbons (Fsp3) is 0.571. The van der Waals surface area contributed by atoms with Gasteiger partial charge in [-0.15, -0.1) is 0 Å². The van der Waals surface area contributed by atoms with Crippen LogP contribution in [0, 0.1) is 5.92 Å². The number of carbonyl (C=O) groups is 1. The van der Waals surface area contributed by atoms with Crippen molar-refractivity contribution in [2.24, 2.45) is 5.92 Å². The second kappa shape index (κ2) is 9.51. The van der Waals surface area contributed by atoms with Gasteiger partial charge in [-0.1, -0.05) is 70.7 Å². The lowest BCUT2D eigenvalue weighted by molar-refractivity contribution is 0.0925. The molecule has 0 aliphatic heterocycles. The van der Waals surface area contributed by atoms with E-state index in [0.717, 1.165) is 42.3 Å². The van der Waals surface area contributed by atoms with Crippen molar-refractivity contribution in [3.05, 3.63) is 35.8 Å². The van der Waals surface area contributed by atoms with Gasteiger partial charge < -0.3 is 9.73 Å². The number of hydrogen-bond acceptors (Lipinski definition) is 2. The minimum Gasteiger partial charge on any atom is -0.455 e. The number of hydrogen-bond donors (Lipinski definition) is 1. The van der Waals surface area contributed by atoms with E-state index in [1.165, 1.54) is 25.7 Å². The Kier molecular flexibility index (Phi) is 7.36. The molecular weight excluding hydrogens is 298 g/mol. The predicted molar refractivity (Wildman–Crippen MR) is 100 cm³/mol. The Balaban J connectivity index is 2.01. The third-order valence-corrected chi connectivity index (χ3v) is 4.42. The average Bonchev–Trinajstić information content (AvgIpc) is 2.95. The molecule has 3 heteroatoms. The van der Waals surface area contributed by atoms with E-state index in [-0.39, 0.29) is 5.91 Å². The zero-order chi connectivity index (χ0) is 17.4. The zero-order valence-corrected chi connectivity index (χ0v) is 15.4. The summed E-state index contributed by atoms with van der Waals surface area (Å²) in [4.78, 5) is 12.5. The Morgan fingerprint density at radius 3 is 2.50 bits per heavy atom. The minimum absolute atomic E-state index is 0.0857. The Morgan fingerprint density at radius 1 is 1.08 bits per heavy atom. The van der Waals surface area contributed by atoms with Crippen molar-refractivity contribution in [1.29, 1.82) is 0 Å². The van der Waals surface area contributed by atoms with Crippen LogP contribution in [0.25, 0.3) is 10.8 Å². The van der Waals surface area contributed by atoms with E-state index in [1.54, 1.807) is 0 Å². The summed E-state index contributed by atoms with van der Waals surface area (Å²) in [5, 5.41) is 5.02. The first-order valence-electron chi connectivity index (χ1n) is 9.42. The van der Waals surface area contributed by atoms with Crippen LogP contribution in [0.2, 0.25) is 0 Å². The van der Waals surface area contributed by atoms with Gasteiger partial charge in [0.05, 0.1) is 0 Å². The summed E-state index contributed by atoms with van der Waals surface area (Å²) in [5.74, 6) is 1.94. The van der Waals surface area contributed by atoms with Crippen LogP contribution in [-0.2, 0) is 6.42 Å². The largest absolute Gasteiger partial charge is 0.455 e. The first kappa shape index (κ1) is 18.6. The number of nitrogens with one attached hydrogen (secondary N) is 1. The molecule has 0 aliphatic rings. The third-order valence-electron chi connectivity index (χ3n) is 4.42. The first-order valence-corrected chi connectivity index (χ1v) is 9.42. The molecule has 1 N–H and O–H groups in total. The first-order chi connectivity index (χ1) is 11.6. The van der Waals surface area contributed by atoms with Crippen molar-refractivity contribution in [2.75, 3.05) is 6.54 Å². The number of benzene rings is 1. The molecule has 0 saturated heterocycles. The average molecular weight is 329 g/mol. The molecule has 1 amide bonds. The van der Waals surface area contributed by atoms with Gasteiger partial charge in [0.25, 0.3) is 5.91 Å². The Labute approximate surface area is 145 Å². The second-order valence-corrected chi connectivity index (χ2v) is 7.00. The number of rotatable bonds is 10. The second-order valence-electron chi connectivity index (χ2n) is 7.00. The quantitative estimate of drug-likeness (QED) is 0.566. The van der Waals surface area contributed by atoms with E-state index < -0.39 is 0 Å². The summed E-state index contributed by atoms with van der Waals surface area (Å²) in [5.41, 5.74) is 0.